The number of benzene rings is 1. The molecule has 0 aliphatic carbocycles. The fourth-order valence-corrected chi connectivity index (χ4v) is 10.2. The van der Waals surface area contributed by atoms with E-state index in [1.54, 1.807) is 0 Å². The van der Waals surface area contributed by atoms with Crippen LogP contribution < -0.4 is 0 Å². The molecule has 114 valence electrons. The lowest BCUT2D eigenvalue weighted by Crippen LogP contribution is -2.56. The van der Waals surface area contributed by atoms with E-state index >= 15 is 0 Å². The van der Waals surface area contributed by atoms with Crippen LogP contribution in [0, 0.1) is 0 Å². The number of aliphatic hydroxyl groups excluding tert-OH is 1. The topological polar surface area (TPSA) is 20.2 Å². The summed E-state index contributed by atoms with van der Waals surface area (Å²) in [6.45, 7) is 11.4. The molecular weight excluding hydrogens is 260 g/mol. The molecule has 0 amide bonds. The summed E-state index contributed by atoms with van der Waals surface area (Å²) in [7, 11) is -1.46. The first-order valence-electron chi connectivity index (χ1n) is 8.25. The van der Waals surface area contributed by atoms with Crippen LogP contribution in [0.5, 0.6) is 0 Å². The zero-order chi connectivity index (χ0) is 15.2. The summed E-state index contributed by atoms with van der Waals surface area (Å²) in [6, 6.07) is 14.9. The molecule has 2 heteroatoms. The number of hydrogen-bond acceptors (Lipinski definition) is 1. The van der Waals surface area contributed by atoms with Crippen LogP contribution in [-0.4, -0.2) is 19.3 Å². The normalized spacial score (nSPS) is 16.7. The number of aliphatic hydroxyl groups is 1. The fourth-order valence-electron chi connectivity index (χ4n) is 4.39. The van der Waals surface area contributed by atoms with Gasteiger partial charge in [0.05, 0.1) is 14.2 Å². The van der Waals surface area contributed by atoms with Crippen molar-refractivity contribution in [1.82, 2.24) is 0 Å². The Kier molecular flexibility index (Phi) is 6.47. The molecule has 0 spiro atoms. The molecule has 0 fully saturated rings. The van der Waals surface area contributed by atoms with Gasteiger partial charge < -0.3 is 5.11 Å². The van der Waals surface area contributed by atoms with Crippen LogP contribution >= 0.6 is 0 Å². The lowest BCUT2D eigenvalue weighted by Gasteiger charge is -2.50. The van der Waals surface area contributed by atoms with Crippen molar-refractivity contribution >= 4 is 8.07 Å². The van der Waals surface area contributed by atoms with Gasteiger partial charge in [-0.3, -0.25) is 0 Å². The summed E-state index contributed by atoms with van der Waals surface area (Å²) in [5, 5.41) is 10.4. The summed E-state index contributed by atoms with van der Waals surface area (Å²) in [6.07, 6.45) is 1.82. The van der Waals surface area contributed by atoms with E-state index in [1.807, 2.05) is 6.92 Å². The van der Waals surface area contributed by atoms with Gasteiger partial charge in [0.15, 0.2) is 0 Å². The molecule has 0 aliphatic heterocycles. The molecule has 1 unspecified atom stereocenters. The molecular formula is C18H32OSi. The van der Waals surface area contributed by atoms with E-state index in [0.717, 1.165) is 12.8 Å². The average Bonchev–Trinajstić information content (AvgIpc) is 2.48. The molecule has 0 aliphatic rings. The van der Waals surface area contributed by atoms with Gasteiger partial charge in [0, 0.05) is 0 Å². The average molecular weight is 293 g/mol. The van der Waals surface area contributed by atoms with Crippen molar-refractivity contribution in [2.45, 2.75) is 76.7 Å². The predicted octanol–water partition coefficient (Wildman–Crippen LogP) is 5.15. The maximum absolute atomic E-state index is 10.2. The van der Waals surface area contributed by atoms with Crippen LogP contribution in [0.15, 0.2) is 30.3 Å². The van der Waals surface area contributed by atoms with Crippen LogP contribution in [0.2, 0.25) is 18.1 Å². The second kappa shape index (κ2) is 7.42. The maximum Gasteiger partial charge on any atom is 0.0641 e. The van der Waals surface area contributed by atoms with E-state index in [0.29, 0.717) is 0 Å². The SMILES string of the molecule is CCC(C[C@H](C)O)(c1ccccc1)[Si](CC)(CC)CC. The molecule has 0 saturated carbocycles. The molecule has 1 rings (SSSR count). The van der Waals surface area contributed by atoms with Gasteiger partial charge >= 0.3 is 0 Å². The van der Waals surface area contributed by atoms with Gasteiger partial charge in [-0.1, -0.05) is 76.2 Å². The molecule has 0 saturated heterocycles. The Hall–Kier alpha value is -0.603. The Morgan fingerprint density at radius 3 is 1.85 bits per heavy atom. The first-order valence-corrected chi connectivity index (χ1v) is 10.9. The molecule has 20 heavy (non-hydrogen) atoms. The van der Waals surface area contributed by atoms with Gasteiger partial charge in [0.25, 0.3) is 0 Å². The lowest BCUT2D eigenvalue weighted by molar-refractivity contribution is 0.162. The van der Waals surface area contributed by atoms with Gasteiger partial charge in [-0.05, 0) is 30.4 Å². The lowest BCUT2D eigenvalue weighted by atomic mass is 9.89. The highest BCUT2D eigenvalue weighted by molar-refractivity contribution is 6.82. The number of hydrogen-bond donors (Lipinski definition) is 1. The second-order valence-electron chi connectivity index (χ2n) is 6.20. The zero-order valence-corrected chi connectivity index (χ0v) is 14.9. The largest absolute Gasteiger partial charge is 0.393 e. The van der Waals surface area contributed by atoms with E-state index in [4.69, 9.17) is 0 Å². The minimum Gasteiger partial charge on any atom is -0.393 e. The Morgan fingerprint density at radius 1 is 1.00 bits per heavy atom. The molecule has 0 heterocycles. The van der Waals surface area contributed by atoms with Gasteiger partial charge in [-0.25, -0.2) is 0 Å². The van der Waals surface area contributed by atoms with Crippen LogP contribution in [0.1, 0.15) is 53.0 Å². The summed E-state index contributed by atoms with van der Waals surface area (Å²) >= 11 is 0. The summed E-state index contributed by atoms with van der Waals surface area (Å²) in [5.74, 6) is 0. The molecule has 1 nitrogen and oxygen atoms in total. The first-order chi connectivity index (χ1) is 9.51. The second-order valence-corrected chi connectivity index (χ2v) is 11.8. The highest BCUT2D eigenvalue weighted by atomic mass is 28.3. The minimum absolute atomic E-state index is 0.209. The summed E-state index contributed by atoms with van der Waals surface area (Å²) < 4.78 is 0. The van der Waals surface area contributed by atoms with Gasteiger partial charge in [-0.2, -0.15) is 0 Å². The van der Waals surface area contributed by atoms with Gasteiger partial charge in [0.1, 0.15) is 0 Å². The van der Waals surface area contributed by atoms with Crippen molar-refractivity contribution in [3.63, 3.8) is 0 Å². The Labute approximate surface area is 126 Å². The van der Waals surface area contributed by atoms with Crippen LogP contribution in [-0.2, 0) is 5.04 Å². The standard InChI is InChI=1S/C18H32OSi/c1-6-18(15-16(5)19,17-13-11-10-12-14-17)20(7-2,8-3)9-4/h10-14,16,19H,6-9,15H2,1-5H3/t16-,18?/m0/s1. The van der Waals surface area contributed by atoms with Gasteiger partial charge in [-0.15, -0.1) is 0 Å². The smallest absolute Gasteiger partial charge is 0.0641 e. The van der Waals surface area contributed by atoms with Crippen LogP contribution in [0.25, 0.3) is 0 Å². The molecule has 2 atom stereocenters. The van der Waals surface area contributed by atoms with E-state index in [2.05, 4.69) is 58.0 Å². The minimum atomic E-state index is -1.46. The molecule has 0 radical (unpaired) electrons. The van der Waals surface area contributed by atoms with E-state index < -0.39 is 8.07 Å². The molecule has 1 N–H and O–H groups in total. The predicted molar refractivity (Wildman–Crippen MR) is 91.9 cm³/mol. The molecule has 0 bridgehead atoms. The number of rotatable bonds is 8. The van der Waals surface area contributed by atoms with Crippen molar-refractivity contribution in [2.75, 3.05) is 0 Å². The van der Waals surface area contributed by atoms with Crippen molar-refractivity contribution in [2.24, 2.45) is 0 Å². The van der Waals surface area contributed by atoms with Crippen molar-refractivity contribution in [1.29, 1.82) is 0 Å². The van der Waals surface area contributed by atoms with E-state index in [1.165, 1.54) is 23.7 Å². The maximum atomic E-state index is 10.2. The molecule has 1 aromatic carbocycles. The third-order valence-electron chi connectivity index (χ3n) is 5.62. The summed E-state index contributed by atoms with van der Waals surface area (Å²) in [5.41, 5.74) is 1.46. The highest BCUT2D eigenvalue weighted by Gasteiger charge is 2.49. The van der Waals surface area contributed by atoms with Crippen LogP contribution in [0.3, 0.4) is 0 Å². The third-order valence-corrected chi connectivity index (χ3v) is 12.6. The highest BCUT2D eigenvalue weighted by Crippen LogP contribution is 2.47. The van der Waals surface area contributed by atoms with E-state index in [9.17, 15) is 5.11 Å². The molecule has 1 aromatic rings. The molecule has 0 aromatic heterocycles. The van der Waals surface area contributed by atoms with Crippen molar-refractivity contribution in [3.8, 4) is 0 Å². The Morgan fingerprint density at radius 2 is 1.50 bits per heavy atom. The first kappa shape index (κ1) is 17.4. The van der Waals surface area contributed by atoms with Crippen LogP contribution in [0.4, 0.5) is 0 Å². The third kappa shape index (κ3) is 3.01. The van der Waals surface area contributed by atoms with Crippen molar-refractivity contribution < 1.29 is 5.11 Å². The zero-order valence-electron chi connectivity index (χ0n) is 13.9. The summed E-state index contributed by atoms with van der Waals surface area (Å²) in [4.78, 5) is 0. The fraction of sp³-hybridized carbons (Fsp3) is 0.667. The van der Waals surface area contributed by atoms with Gasteiger partial charge in [0.2, 0.25) is 0 Å². The van der Waals surface area contributed by atoms with Crippen molar-refractivity contribution in [3.05, 3.63) is 35.9 Å². The monoisotopic (exact) mass is 292 g/mol. The Balaban J connectivity index is 3.46. The van der Waals surface area contributed by atoms with E-state index in [-0.39, 0.29) is 11.1 Å². The quantitative estimate of drug-likeness (QED) is 0.657. The Bertz CT molecular complexity index is 375.